The molecule has 3 rings (SSSR count). The van der Waals surface area contributed by atoms with Gasteiger partial charge in [-0.1, -0.05) is 12.1 Å². The summed E-state index contributed by atoms with van der Waals surface area (Å²) in [5, 5.41) is 10.8. The summed E-state index contributed by atoms with van der Waals surface area (Å²) in [5.74, 6) is 0.992. The Kier molecular flexibility index (Phi) is 3.52. The molecular weight excluding hydrogens is 250 g/mol. The van der Waals surface area contributed by atoms with E-state index in [2.05, 4.69) is 17.6 Å². The molecule has 0 atom stereocenters. The molecule has 1 heterocycles. The second kappa shape index (κ2) is 5.19. The quantitative estimate of drug-likeness (QED) is 0.901. The average Bonchev–Trinajstić information content (AvgIpc) is 2.79. The van der Waals surface area contributed by atoms with E-state index in [0.717, 1.165) is 49.1 Å². The molecule has 20 heavy (non-hydrogen) atoms. The molecule has 1 saturated carbocycles. The lowest BCUT2D eigenvalue weighted by atomic mass is 9.80. The zero-order chi connectivity index (χ0) is 14.2. The minimum atomic E-state index is -0.635. The standard InChI is InChI=1S/C16H23N3O/c1-2-19-14-6-4-3-5-13(14)18-15(19)11-16(20)9-7-12(17)8-10-16/h3-6,12,20H,2,7-11,17H2,1H3. The maximum atomic E-state index is 10.8. The van der Waals surface area contributed by atoms with Gasteiger partial charge in [0.05, 0.1) is 16.6 Å². The maximum absolute atomic E-state index is 10.8. The fourth-order valence-electron chi connectivity index (χ4n) is 3.26. The van der Waals surface area contributed by atoms with E-state index >= 15 is 0 Å². The summed E-state index contributed by atoms with van der Waals surface area (Å²) < 4.78 is 2.21. The van der Waals surface area contributed by atoms with Crippen LogP contribution in [0.2, 0.25) is 0 Å². The third kappa shape index (κ3) is 2.45. The molecule has 2 aromatic rings. The predicted molar refractivity (Wildman–Crippen MR) is 80.5 cm³/mol. The SMILES string of the molecule is CCn1c(CC2(O)CCC(N)CC2)nc2ccccc21. The van der Waals surface area contributed by atoms with E-state index in [1.807, 2.05) is 18.2 Å². The molecule has 0 amide bonds. The summed E-state index contributed by atoms with van der Waals surface area (Å²) in [6.07, 6.45) is 4.00. The van der Waals surface area contributed by atoms with Gasteiger partial charge in [0.15, 0.2) is 0 Å². The Balaban J connectivity index is 1.90. The molecule has 108 valence electrons. The second-order valence-corrected chi connectivity index (χ2v) is 6.00. The van der Waals surface area contributed by atoms with Crippen molar-refractivity contribution in [2.24, 2.45) is 5.73 Å². The van der Waals surface area contributed by atoms with Crippen LogP contribution in [0, 0.1) is 0 Å². The highest BCUT2D eigenvalue weighted by Crippen LogP contribution is 2.31. The van der Waals surface area contributed by atoms with E-state index in [1.165, 1.54) is 0 Å². The Labute approximate surface area is 119 Å². The fraction of sp³-hybridized carbons (Fsp3) is 0.562. The number of rotatable bonds is 3. The van der Waals surface area contributed by atoms with Crippen LogP contribution in [0.25, 0.3) is 11.0 Å². The highest BCUT2D eigenvalue weighted by Gasteiger charge is 2.33. The van der Waals surface area contributed by atoms with Crippen LogP contribution in [-0.4, -0.2) is 26.3 Å². The van der Waals surface area contributed by atoms with Crippen molar-refractivity contribution < 1.29 is 5.11 Å². The zero-order valence-corrected chi connectivity index (χ0v) is 12.0. The predicted octanol–water partition coefficient (Wildman–Crippen LogP) is 2.23. The van der Waals surface area contributed by atoms with Crippen molar-refractivity contribution >= 4 is 11.0 Å². The van der Waals surface area contributed by atoms with Crippen LogP contribution in [0.4, 0.5) is 0 Å². The van der Waals surface area contributed by atoms with Gasteiger partial charge in [0.1, 0.15) is 5.82 Å². The molecule has 0 radical (unpaired) electrons. The van der Waals surface area contributed by atoms with Crippen molar-refractivity contribution in [2.75, 3.05) is 0 Å². The molecule has 0 aliphatic heterocycles. The molecule has 0 spiro atoms. The molecular formula is C16H23N3O. The zero-order valence-electron chi connectivity index (χ0n) is 12.0. The Bertz CT molecular complexity index is 597. The number of para-hydroxylation sites is 2. The first-order valence-corrected chi connectivity index (χ1v) is 7.53. The van der Waals surface area contributed by atoms with Crippen molar-refractivity contribution in [2.45, 2.75) is 57.2 Å². The van der Waals surface area contributed by atoms with E-state index in [-0.39, 0.29) is 6.04 Å². The monoisotopic (exact) mass is 273 g/mol. The van der Waals surface area contributed by atoms with Crippen molar-refractivity contribution in [3.05, 3.63) is 30.1 Å². The Morgan fingerprint density at radius 2 is 2.05 bits per heavy atom. The summed E-state index contributed by atoms with van der Waals surface area (Å²) >= 11 is 0. The molecule has 1 aromatic carbocycles. The molecule has 4 nitrogen and oxygen atoms in total. The lowest BCUT2D eigenvalue weighted by Crippen LogP contribution is -2.41. The molecule has 0 unspecified atom stereocenters. The summed E-state index contributed by atoms with van der Waals surface area (Å²) in [7, 11) is 0. The Morgan fingerprint density at radius 3 is 2.75 bits per heavy atom. The van der Waals surface area contributed by atoms with Gasteiger partial charge in [-0.25, -0.2) is 4.98 Å². The van der Waals surface area contributed by atoms with Crippen molar-refractivity contribution in [1.29, 1.82) is 0 Å². The van der Waals surface area contributed by atoms with E-state index in [0.29, 0.717) is 6.42 Å². The highest BCUT2D eigenvalue weighted by molar-refractivity contribution is 5.75. The molecule has 4 heteroatoms. The second-order valence-electron chi connectivity index (χ2n) is 6.00. The van der Waals surface area contributed by atoms with Crippen LogP contribution in [0.5, 0.6) is 0 Å². The molecule has 1 aliphatic rings. The molecule has 1 aromatic heterocycles. The van der Waals surface area contributed by atoms with Gasteiger partial charge < -0.3 is 15.4 Å². The summed E-state index contributed by atoms with van der Waals surface area (Å²) in [6.45, 7) is 3.00. The lowest BCUT2D eigenvalue weighted by molar-refractivity contribution is -0.00199. The minimum Gasteiger partial charge on any atom is -0.389 e. The number of fused-ring (bicyclic) bond motifs is 1. The van der Waals surface area contributed by atoms with Crippen molar-refractivity contribution in [3.8, 4) is 0 Å². The lowest BCUT2D eigenvalue weighted by Gasteiger charge is -2.34. The third-order valence-electron chi connectivity index (χ3n) is 4.50. The molecule has 1 fully saturated rings. The van der Waals surface area contributed by atoms with Crippen LogP contribution in [0.15, 0.2) is 24.3 Å². The molecule has 3 N–H and O–H groups in total. The van der Waals surface area contributed by atoms with Crippen molar-refractivity contribution in [3.63, 3.8) is 0 Å². The fourth-order valence-corrected chi connectivity index (χ4v) is 3.26. The largest absolute Gasteiger partial charge is 0.389 e. The number of nitrogens with two attached hydrogens (primary N) is 1. The third-order valence-corrected chi connectivity index (χ3v) is 4.50. The number of benzene rings is 1. The number of aromatic nitrogens is 2. The van der Waals surface area contributed by atoms with E-state index in [1.54, 1.807) is 0 Å². The minimum absolute atomic E-state index is 0.250. The number of hydrogen-bond donors (Lipinski definition) is 2. The van der Waals surface area contributed by atoms with E-state index in [9.17, 15) is 5.11 Å². The summed E-state index contributed by atoms with van der Waals surface area (Å²) in [4.78, 5) is 4.71. The van der Waals surface area contributed by atoms with Gasteiger partial charge in [-0.2, -0.15) is 0 Å². The molecule has 0 saturated heterocycles. The molecule has 1 aliphatic carbocycles. The van der Waals surface area contributed by atoms with E-state index in [4.69, 9.17) is 10.7 Å². The average molecular weight is 273 g/mol. The Hall–Kier alpha value is -1.39. The molecule has 0 bridgehead atoms. The number of hydrogen-bond acceptors (Lipinski definition) is 3. The maximum Gasteiger partial charge on any atom is 0.112 e. The smallest absolute Gasteiger partial charge is 0.112 e. The van der Waals surface area contributed by atoms with Gasteiger partial charge in [0.25, 0.3) is 0 Å². The van der Waals surface area contributed by atoms with Gasteiger partial charge in [0.2, 0.25) is 0 Å². The topological polar surface area (TPSA) is 64.1 Å². The van der Waals surface area contributed by atoms with Gasteiger partial charge >= 0.3 is 0 Å². The highest BCUT2D eigenvalue weighted by atomic mass is 16.3. The van der Waals surface area contributed by atoms with Crippen LogP contribution in [-0.2, 0) is 13.0 Å². The first-order valence-electron chi connectivity index (χ1n) is 7.53. The summed E-state index contributed by atoms with van der Waals surface area (Å²) in [6, 6.07) is 8.42. The number of nitrogens with zero attached hydrogens (tertiary/aromatic N) is 2. The number of aliphatic hydroxyl groups is 1. The Morgan fingerprint density at radius 1 is 1.35 bits per heavy atom. The number of aryl methyl sites for hydroxylation is 1. The van der Waals surface area contributed by atoms with Crippen molar-refractivity contribution in [1.82, 2.24) is 9.55 Å². The van der Waals surface area contributed by atoms with E-state index < -0.39 is 5.60 Å². The van der Waals surface area contributed by atoms with Gasteiger partial charge in [0, 0.05) is 19.0 Å². The van der Waals surface area contributed by atoms with Gasteiger partial charge in [-0.15, -0.1) is 0 Å². The van der Waals surface area contributed by atoms with Gasteiger partial charge in [-0.3, -0.25) is 0 Å². The van der Waals surface area contributed by atoms with Crippen LogP contribution < -0.4 is 5.73 Å². The van der Waals surface area contributed by atoms with Crippen LogP contribution in [0.3, 0.4) is 0 Å². The number of imidazole rings is 1. The first kappa shape index (κ1) is 13.6. The first-order chi connectivity index (χ1) is 9.61. The van der Waals surface area contributed by atoms with Crippen LogP contribution >= 0.6 is 0 Å². The van der Waals surface area contributed by atoms with Gasteiger partial charge in [-0.05, 0) is 44.7 Å². The normalized spacial score (nSPS) is 27.1. The summed E-state index contributed by atoms with van der Waals surface area (Å²) in [5.41, 5.74) is 7.47. The van der Waals surface area contributed by atoms with Crippen LogP contribution in [0.1, 0.15) is 38.4 Å².